The van der Waals surface area contributed by atoms with Gasteiger partial charge in [-0.25, -0.2) is 0 Å². The summed E-state index contributed by atoms with van der Waals surface area (Å²) in [6, 6.07) is 1.73. The van der Waals surface area contributed by atoms with Crippen molar-refractivity contribution in [1.29, 1.82) is 0 Å². The first kappa shape index (κ1) is 15.8. The zero-order valence-corrected chi connectivity index (χ0v) is 12.7. The van der Waals surface area contributed by atoms with Crippen LogP contribution in [-0.2, 0) is 0 Å². The fourth-order valence-electron chi connectivity index (χ4n) is 2.09. The van der Waals surface area contributed by atoms with Gasteiger partial charge in [0.15, 0.2) is 5.76 Å². The Hall–Kier alpha value is -1.29. The molecule has 1 aromatic rings. The highest BCUT2D eigenvalue weighted by molar-refractivity contribution is 5.91. The van der Waals surface area contributed by atoms with Gasteiger partial charge in [-0.2, -0.15) is 0 Å². The summed E-state index contributed by atoms with van der Waals surface area (Å²) in [4.78, 5) is 12.0. The molecule has 0 aliphatic carbocycles. The van der Waals surface area contributed by atoms with E-state index in [9.17, 15) is 9.90 Å². The molecule has 0 aromatic carbocycles. The molecule has 0 saturated heterocycles. The zero-order valence-electron chi connectivity index (χ0n) is 12.7. The van der Waals surface area contributed by atoms with Crippen LogP contribution in [0.5, 0.6) is 0 Å². The predicted molar refractivity (Wildman–Crippen MR) is 75.1 cm³/mol. The second-order valence-electron chi connectivity index (χ2n) is 6.21. The van der Waals surface area contributed by atoms with Crippen LogP contribution in [0.1, 0.15) is 49.6 Å². The molecule has 108 valence electrons. The minimum atomic E-state index is -0.465. The topological polar surface area (TPSA) is 62.5 Å². The average Bonchev–Trinajstić information content (AvgIpc) is 2.65. The van der Waals surface area contributed by atoms with Crippen molar-refractivity contribution < 1.29 is 14.3 Å². The maximum atomic E-state index is 12.0. The molecule has 0 bridgehead atoms. The third-order valence-corrected chi connectivity index (χ3v) is 3.53. The highest BCUT2D eigenvalue weighted by Crippen LogP contribution is 2.25. The summed E-state index contributed by atoms with van der Waals surface area (Å²) in [6.07, 6.45) is -0.465. The average molecular weight is 267 g/mol. The lowest BCUT2D eigenvalue weighted by Crippen LogP contribution is -2.43. The number of hydrogen-bond donors (Lipinski definition) is 2. The number of aliphatic hydroxyl groups excluding tert-OH is 1. The standard InChI is InChI=1S/C15H25NO3/c1-9(2)13(17)15(5,6)8-16-14(18)12-7-10(3)11(4)19-12/h7,9,13,17H,8H2,1-6H3,(H,16,18). The number of hydrogen-bond acceptors (Lipinski definition) is 3. The van der Waals surface area contributed by atoms with Crippen LogP contribution >= 0.6 is 0 Å². The Morgan fingerprint density at radius 2 is 2.00 bits per heavy atom. The van der Waals surface area contributed by atoms with Crippen molar-refractivity contribution in [2.24, 2.45) is 11.3 Å². The number of furan rings is 1. The Bertz CT molecular complexity index is 427. The SMILES string of the molecule is Cc1cc(C(=O)NCC(C)(C)C(O)C(C)C)oc1C. The maximum Gasteiger partial charge on any atom is 0.287 e. The molecule has 0 fully saturated rings. The van der Waals surface area contributed by atoms with Crippen molar-refractivity contribution in [3.63, 3.8) is 0 Å². The Kier molecular flexibility index (Phi) is 4.80. The predicted octanol–water partition coefficient (Wildman–Crippen LogP) is 2.67. The van der Waals surface area contributed by atoms with Gasteiger partial charge in [-0.1, -0.05) is 27.7 Å². The Morgan fingerprint density at radius 3 is 2.42 bits per heavy atom. The Balaban J connectivity index is 2.64. The van der Waals surface area contributed by atoms with Crippen molar-refractivity contribution >= 4 is 5.91 Å². The zero-order chi connectivity index (χ0) is 14.8. The van der Waals surface area contributed by atoms with E-state index in [4.69, 9.17) is 4.42 Å². The molecule has 0 aliphatic rings. The molecule has 1 unspecified atom stereocenters. The van der Waals surface area contributed by atoms with Crippen molar-refractivity contribution in [3.8, 4) is 0 Å². The molecule has 0 radical (unpaired) electrons. The summed E-state index contributed by atoms with van der Waals surface area (Å²) < 4.78 is 5.37. The first-order chi connectivity index (χ1) is 8.65. The van der Waals surface area contributed by atoms with E-state index >= 15 is 0 Å². The molecule has 0 saturated carbocycles. The highest BCUT2D eigenvalue weighted by Gasteiger charge is 2.30. The van der Waals surface area contributed by atoms with E-state index in [0.717, 1.165) is 11.3 Å². The molecular weight excluding hydrogens is 242 g/mol. The maximum absolute atomic E-state index is 12.0. The second kappa shape index (κ2) is 5.78. The van der Waals surface area contributed by atoms with Crippen LogP contribution in [0.15, 0.2) is 10.5 Å². The number of rotatable bonds is 5. The fraction of sp³-hybridized carbons (Fsp3) is 0.667. The molecule has 1 amide bonds. The quantitative estimate of drug-likeness (QED) is 0.862. The largest absolute Gasteiger partial charge is 0.456 e. The van der Waals surface area contributed by atoms with Gasteiger partial charge >= 0.3 is 0 Å². The van der Waals surface area contributed by atoms with Gasteiger partial charge in [-0.15, -0.1) is 0 Å². The van der Waals surface area contributed by atoms with Gasteiger partial charge < -0.3 is 14.8 Å². The minimum Gasteiger partial charge on any atom is -0.456 e. The van der Waals surface area contributed by atoms with E-state index in [1.54, 1.807) is 6.07 Å². The van der Waals surface area contributed by atoms with E-state index in [0.29, 0.717) is 12.3 Å². The first-order valence-corrected chi connectivity index (χ1v) is 6.68. The van der Waals surface area contributed by atoms with Crippen LogP contribution in [0, 0.1) is 25.2 Å². The third kappa shape index (κ3) is 3.83. The van der Waals surface area contributed by atoms with E-state index in [2.05, 4.69) is 5.32 Å². The fourth-order valence-corrected chi connectivity index (χ4v) is 2.09. The first-order valence-electron chi connectivity index (χ1n) is 6.68. The number of aliphatic hydroxyl groups is 1. The normalized spacial score (nSPS) is 13.7. The minimum absolute atomic E-state index is 0.153. The molecule has 1 heterocycles. The second-order valence-corrected chi connectivity index (χ2v) is 6.21. The number of carbonyl (C=O) groups is 1. The number of amides is 1. The van der Waals surface area contributed by atoms with E-state index in [1.807, 2.05) is 41.5 Å². The molecule has 19 heavy (non-hydrogen) atoms. The van der Waals surface area contributed by atoms with Gasteiger partial charge in [-0.3, -0.25) is 4.79 Å². The molecular formula is C15H25NO3. The molecule has 0 aliphatic heterocycles. The summed E-state index contributed by atoms with van der Waals surface area (Å²) in [5.41, 5.74) is 0.590. The van der Waals surface area contributed by atoms with Crippen molar-refractivity contribution in [1.82, 2.24) is 5.32 Å². The molecule has 2 N–H and O–H groups in total. The summed E-state index contributed by atoms with van der Waals surface area (Å²) in [5, 5.41) is 12.9. The molecule has 1 rings (SSSR count). The monoisotopic (exact) mass is 267 g/mol. The summed E-state index contributed by atoms with van der Waals surface area (Å²) >= 11 is 0. The van der Waals surface area contributed by atoms with Crippen LogP contribution in [0.3, 0.4) is 0 Å². The third-order valence-electron chi connectivity index (χ3n) is 3.53. The molecule has 1 aromatic heterocycles. The molecule has 4 heteroatoms. The van der Waals surface area contributed by atoms with Crippen LogP contribution in [0.4, 0.5) is 0 Å². The van der Waals surface area contributed by atoms with Gasteiger partial charge in [0.05, 0.1) is 6.10 Å². The summed E-state index contributed by atoms with van der Waals surface area (Å²) in [5.74, 6) is 0.997. The van der Waals surface area contributed by atoms with Crippen LogP contribution in [0.25, 0.3) is 0 Å². The lowest BCUT2D eigenvalue weighted by molar-refractivity contribution is 0.0136. The van der Waals surface area contributed by atoms with Gasteiger partial charge in [0.25, 0.3) is 5.91 Å². The lowest BCUT2D eigenvalue weighted by atomic mass is 9.80. The van der Waals surface area contributed by atoms with Gasteiger partial charge in [-0.05, 0) is 31.4 Å². The van der Waals surface area contributed by atoms with Crippen LogP contribution in [-0.4, -0.2) is 23.7 Å². The van der Waals surface area contributed by atoms with Crippen molar-refractivity contribution in [2.45, 2.75) is 47.6 Å². The van der Waals surface area contributed by atoms with Crippen molar-refractivity contribution in [3.05, 3.63) is 23.2 Å². The number of aryl methyl sites for hydroxylation is 2. The van der Waals surface area contributed by atoms with Gasteiger partial charge in [0.2, 0.25) is 0 Å². The number of carbonyl (C=O) groups excluding carboxylic acids is 1. The van der Waals surface area contributed by atoms with E-state index in [1.165, 1.54) is 0 Å². The van der Waals surface area contributed by atoms with E-state index in [-0.39, 0.29) is 17.2 Å². The summed E-state index contributed by atoms with van der Waals surface area (Å²) in [7, 11) is 0. The Morgan fingerprint density at radius 1 is 1.42 bits per heavy atom. The molecule has 4 nitrogen and oxygen atoms in total. The van der Waals surface area contributed by atoms with Gasteiger partial charge in [0, 0.05) is 12.0 Å². The highest BCUT2D eigenvalue weighted by atomic mass is 16.3. The Labute approximate surface area is 115 Å². The van der Waals surface area contributed by atoms with Gasteiger partial charge in [0.1, 0.15) is 5.76 Å². The summed E-state index contributed by atoms with van der Waals surface area (Å²) in [6.45, 7) is 12.0. The number of nitrogens with one attached hydrogen (secondary N) is 1. The van der Waals surface area contributed by atoms with E-state index < -0.39 is 6.10 Å². The lowest BCUT2D eigenvalue weighted by Gasteiger charge is -2.33. The van der Waals surface area contributed by atoms with Crippen LogP contribution < -0.4 is 5.32 Å². The smallest absolute Gasteiger partial charge is 0.287 e. The molecule has 1 atom stereocenters. The molecule has 0 spiro atoms. The van der Waals surface area contributed by atoms with Crippen molar-refractivity contribution in [2.75, 3.05) is 6.54 Å². The van der Waals surface area contributed by atoms with Crippen LogP contribution in [0.2, 0.25) is 0 Å².